The number of nitrogens with one attached hydrogen (secondary N) is 1. The summed E-state index contributed by atoms with van der Waals surface area (Å²) in [5.74, 6) is 0.0657. The van der Waals surface area contributed by atoms with E-state index in [0.717, 1.165) is 31.5 Å². The molecule has 1 aliphatic rings. The number of nitrogens with zero attached hydrogens (tertiary/aromatic N) is 1. The lowest BCUT2D eigenvalue weighted by Crippen LogP contribution is -2.47. The number of benzene rings is 1. The number of hydrogen-bond acceptors (Lipinski definition) is 2. The van der Waals surface area contributed by atoms with Gasteiger partial charge in [-0.1, -0.05) is 31.5 Å². The predicted octanol–water partition coefficient (Wildman–Crippen LogP) is 3.38. The van der Waals surface area contributed by atoms with Crippen LogP contribution in [-0.2, 0) is 0 Å². The van der Waals surface area contributed by atoms with E-state index < -0.39 is 0 Å². The van der Waals surface area contributed by atoms with Crippen LogP contribution in [0.4, 0.5) is 0 Å². The lowest BCUT2D eigenvalue weighted by Gasteiger charge is -2.37. The molecule has 3 heteroatoms. The van der Waals surface area contributed by atoms with Crippen molar-refractivity contribution in [1.82, 2.24) is 10.2 Å². The van der Waals surface area contributed by atoms with Crippen molar-refractivity contribution in [3.05, 3.63) is 35.4 Å². The molecule has 0 spiro atoms. The summed E-state index contributed by atoms with van der Waals surface area (Å²) in [6, 6.07) is 8.83. The molecule has 0 unspecified atom stereocenters. The highest BCUT2D eigenvalue weighted by Gasteiger charge is 2.24. The standard InChI is InChI=1S/C18H28N2O/c1-4-17(5-2)20-12-10-16(11-13-20)19-18(21)15-8-6-14(3)7-9-15/h6-9,16-17H,4-5,10-13H2,1-3H3,(H,19,21). The first-order chi connectivity index (χ1) is 10.1. The minimum Gasteiger partial charge on any atom is -0.349 e. The molecule has 1 aromatic carbocycles. The Labute approximate surface area is 128 Å². The fraction of sp³-hybridized carbons (Fsp3) is 0.611. The maximum absolute atomic E-state index is 12.2. The molecule has 2 rings (SSSR count). The molecule has 1 saturated heterocycles. The molecular weight excluding hydrogens is 260 g/mol. The van der Waals surface area contributed by atoms with Crippen molar-refractivity contribution in [2.45, 2.75) is 58.5 Å². The molecule has 21 heavy (non-hydrogen) atoms. The minimum absolute atomic E-state index is 0.0657. The molecule has 0 bridgehead atoms. The van der Waals surface area contributed by atoms with Gasteiger partial charge < -0.3 is 10.2 Å². The van der Waals surface area contributed by atoms with Crippen LogP contribution in [-0.4, -0.2) is 36.0 Å². The summed E-state index contributed by atoms with van der Waals surface area (Å²) < 4.78 is 0. The molecule has 116 valence electrons. The van der Waals surface area contributed by atoms with Gasteiger partial charge in [0, 0.05) is 30.7 Å². The molecular formula is C18H28N2O. The number of rotatable bonds is 5. The van der Waals surface area contributed by atoms with Crippen LogP contribution in [0.3, 0.4) is 0 Å². The molecule has 1 fully saturated rings. The highest BCUT2D eigenvalue weighted by Crippen LogP contribution is 2.17. The van der Waals surface area contributed by atoms with E-state index in [9.17, 15) is 4.79 Å². The zero-order valence-electron chi connectivity index (χ0n) is 13.6. The average Bonchev–Trinajstić information content (AvgIpc) is 2.51. The Morgan fingerprint density at radius 3 is 2.29 bits per heavy atom. The molecule has 1 heterocycles. The predicted molar refractivity (Wildman–Crippen MR) is 87.6 cm³/mol. The topological polar surface area (TPSA) is 32.3 Å². The van der Waals surface area contributed by atoms with E-state index >= 15 is 0 Å². The van der Waals surface area contributed by atoms with Crippen molar-refractivity contribution in [2.75, 3.05) is 13.1 Å². The Bertz CT molecular complexity index is 443. The van der Waals surface area contributed by atoms with Crippen LogP contribution < -0.4 is 5.32 Å². The first-order valence-electron chi connectivity index (χ1n) is 8.25. The van der Waals surface area contributed by atoms with E-state index in [4.69, 9.17) is 0 Å². The summed E-state index contributed by atoms with van der Waals surface area (Å²) in [6.07, 6.45) is 4.57. The third-order valence-electron chi connectivity index (χ3n) is 4.64. The Kier molecular flexibility index (Phi) is 5.80. The molecule has 1 N–H and O–H groups in total. The molecule has 1 aliphatic heterocycles. The Hall–Kier alpha value is -1.35. The van der Waals surface area contributed by atoms with E-state index in [1.165, 1.54) is 18.4 Å². The maximum atomic E-state index is 12.2. The van der Waals surface area contributed by atoms with Crippen LogP contribution in [0.1, 0.15) is 55.5 Å². The largest absolute Gasteiger partial charge is 0.349 e. The van der Waals surface area contributed by atoms with Crippen molar-refractivity contribution in [3.63, 3.8) is 0 Å². The van der Waals surface area contributed by atoms with Gasteiger partial charge in [0.05, 0.1) is 0 Å². The van der Waals surface area contributed by atoms with Crippen molar-refractivity contribution in [1.29, 1.82) is 0 Å². The monoisotopic (exact) mass is 288 g/mol. The number of amides is 1. The van der Waals surface area contributed by atoms with E-state index in [2.05, 4.69) is 24.1 Å². The Morgan fingerprint density at radius 1 is 1.19 bits per heavy atom. The van der Waals surface area contributed by atoms with Crippen LogP contribution in [0.25, 0.3) is 0 Å². The van der Waals surface area contributed by atoms with Gasteiger partial charge in [0.2, 0.25) is 0 Å². The van der Waals surface area contributed by atoms with Crippen LogP contribution in [0.2, 0.25) is 0 Å². The van der Waals surface area contributed by atoms with Crippen molar-refractivity contribution in [2.24, 2.45) is 0 Å². The SMILES string of the molecule is CCC(CC)N1CCC(NC(=O)c2ccc(C)cc2)CC1. The zero-order chi connectivity index (χ0) is 15.2. The fourth-order valence-corrected chi connectivity index (χ4v) is 3.19. The van der Waals surface area contributed by atoms with Crippen LogP contribution in [0, 0.1) is 6.92 Å². The van der Waals surface area contributed by atoms with Crippen molar-refractivity contribution < 1.29 is 4.79 Å². The summed E-state index contributed by atoms with van der Waals surface area (Å²) in [4.78, 5) is 14.8. The number of hydrogen-bond donors (Lipinski definition) is 1. The maximum Gasteiger partial charge on any atom is 0.251 e. The smallest absolute Gasteiger partial charge is 0.251 e. The van der Waals surface area contributed by atoms with Gasteiger partial charge in [-0.05, 0) is 44.7 Å². The van der Waals surface area contributed by atoms with Crippen molar-refractivity contribution in [3.8, 4) is 0 Å². The van der Waals surface area contributed by atoms with Gasteiger partial charge in [-0.25, -0.2) is 0 Å². The molecule has 0 saturated carbocycles. The number of carbonyl (C=O) groups is 1. The average molecular weight is 288 g/mol. The highest BCUT2D eigenvalue weighted by molar-refractivity contribution is 5.94. The van der Waals surface area contributed by atoms with Gasteiger partial charge in [-0.3, -0.25) is 4.79 Å². The van der Waals surface area contributed by atoms with Gasteiger partial charge in [-0.2, -0.15) is 0 Å². The first kappa shape index (κ1) is 16.0. The second kappa shape index (κ2) is 7.60. The second-order valence-corrected chi connectivity index (χ2v) is 6.12. The Balaban J connectivity index is 1.83. The number of aryl methyl sites for hydroxylation is 1. The molecule has 3 nitrogen and oxygen atoms in total. The summed E-state index contributed by atoms with van der Waals surface area (Å²) >= 11 is 0. The Morgan fingerprint density at radius 2 is 1.76 bits per heavy atom. The molecule has 1 amide bonds. The summed E-state index contributed by atoms with van der Waals surface area (Å²) in [5, 5.41) is 3.18. The van der Waals surface area contributed by atoms with E-state index in [-0.39, 0.29) is 5.91 Å². The van der Waals surface area contributed by atoms with Gasteiger partial charge in [0.25, 0.3) is 5.91 Å². The van der Waals surface area contributed by atoms with E-state index in [0.29, 0.717) is 12.1 Å². The van der Waals surface area contributed by atoms with Crippen molar-refractivity contribution >= 4 is 5.91 Å². The lowest BCUT2D eigenvalue weighted by atomic mass is 10.0. The minimum atomic E-state index is 0.0657. The third-order valence-corrected chi connectivity index (χ3v) is 4.64. The second-order valence-electron chi connectivity index (χ2n) is 6.12. The van der Waals surface area contributed by atoms with E-state index in [1.54, 1.807) is 0 Å². The fourth-order valence-electron chi connectivity index (χ4n) is 3.19. The van der Waals surface area contributed by atoms with Crippen LogP contribution in [0.5, 0.6) is 0 Å². The van der Waals surface area contributed by atoms with Crippen LogP contribution >= 0.6 is 0 Å². The quantitative estimate of drug-likeness (QED) is 0.901. The summed E-state index contributed by atoms with van der Waals surface area (Å²) in [7, 11) is 0. The normalized spacial score (nSPS) is 17.1. The van der Waals surface area contributed by atoms with Gasteiger partial charge in [-0.15, -0.1) is 0 Å². The third kappa shape index (κ3) is 4.31. The lowest BCUT2D eigenvalue weighted by molar-refractivity contribution is 0.0886. The van der Waals surface area contributed by atoms with Gasteiger partial charge in [0.1, 0.15) is 0 Å². The number of likely N-dealkylation sites (tertiary alicyclic amines) is 1. The molecule has 0 atom stereocenters. The molecule has 1 aromatic rings. The molecule has 0 radical (unpaired) electrons. The molecule has 0 aromatic heterocycles. The van der Waals surface area contributed by atoms with E-state index in [1.807, 2.05) is 31.2 Å². The van der Waals surface area contributed by atoms with Gasteiger partial charge in [0.15, 0.2) is 0 Å². The first-order valence-corrected chi connectivity index (χ1v) is 8.25. The summed E-state index contributed by atoms with van der Waals surface area (Å²) in [6.45, 7) is 8.77. The highest BCUT2D eigenvalue weighted by atomic mass is 16.1. The summed E-state index contributed by atoms with van der Waals surface area (Å²) in [5.41, 5.74) is 1.95. The number of carbonyl (C=O) groups excluding carboxylic acids is 1. The zero-order valence-corrected chi connectivity index (χ0v) is 13.6. The number of piperidine rings is 1. The molecule has 0 aliphatic carbocycles. The van der Waals surface area contributed by atoms with Gasteiger partial charge >= 0.3 is 0 Å². The van der Waals surface area contributed by atoms with Crippen LogP contribution in [0.15, 0.2) is 24.3 Å².